The zero-order valence-corrected chi connectivity index (χ0v) is 16.3. The molecular formula is C20H18ClFN4S. The van der Waals surface area contributed by atoms with Gasteiger partial charge in [-0.2, -0.15) is 9.49 Å². The van der Waals surface area contributed by atoms with E-state index >= 15 is 0 Å². The second kappa shape index (κ2) is 7.03. The number of aromatic nitrogens is 3. The summed E-state index contributed by atoms with van der Waals surface area (Å²) < 4.78 is 16.7. The van der Waals surface area contributed by atoms with Gasteiger partial charge in [-0.3, -0.25) is 9.67 Å². The van der Waals surface area contributed by atoms with Crippen LogP contribution in [0.25, 0.3) is 32.5 Å². The molecule has 0 spiro atoms. The number of hydrogen-bond donors (Lipinski definition) is 1. The molecule has 1 aliphatic heterocycles. The summed E-state index contributed by atoms with van der Waals surface area (Å²) in [5.41, 5.74) is 5.37. The molecule has 3 aromatic heterocycles. The molecule has 0 saturated carbocycles. The number of thiophene rings is 1. The van der Waals surface area contributed by atoms with Crippen molar-refractivity contribution in [3.63, 3.8) is 0 Å². The predicted molar refractivity (Wildman–Crippen MR) is 110 cm³/mol. The smallest absolute Gasteiger partial charge is 0.177 e. The van der Waals surface area contributed by atoms with Crippen molar-refractivity contribution in [2.45, 2.75) is 26.1 Å². The Morgan fingerprint density at radius 2 is 1.96 bits per heavy atom. The summed E-state index contributed by atoms with van der Waals surface area (Å²) in [4.78, 5) is 4.14. The van der Waals surface area contributed by atoms with E-state index in [9.17, 15) is 4.39 Å². The molecule has 1 N–H and O–H groups in total. The molecule has 0 fully saturated rings. The van der Waals surface area contributed by atoms with Crippen molar-refractivity contribution in [2.75, 3.05) is 0 Å². The van der Waals surface area contributed by atoms with Crippen LogP contribution in [0.3, 0.4) is 0 Å². The van der Waals surface area contributed by atoms with E-state index < -0.39 is 0 Å². The van der Waals surface area contributed by atoms with Crippen LogP contribution in [0.2, 0.25) is 0 Å². The maximum absolute atomic E-state index is 13.6. The van der Waals surface area contributed by atoms with Gasteiger partial charge in [0.1, 0.15) is 5.69 Å². The first kappa shape index (κ1) is 18.1. The van der Waals surface area contributed by atoms with Gasteiger partial charge in [-0.1, -0.05) is 12.1 Å². The van der Waals surface area contributed by atoms with E-state index in [1.165, 1.54) is 17.0 Å². The van der Waals surface area contributed by atoms with Gasteiger partial charge in [-0.15, -0.1) is 23.7 Å². The molecule has 0 saturated heterocycles. The molecule has 1 aliphatic rings. The highest BCUT2D eigenvalue weighted by molar-refractivity contribution is 7.17. The molecule has 0 bridgehead atoms. The minimum atomic E-state index is -0.159. The van der Waals surface area contributed by atoms with Crippen LogP contribution in [0.5, 0.6) is 0 Å². The van der Waals surface area contributed by atoms with Crippen LogP contribution in [0.15, 0.2) is 48.8 Å². The van der Waals surface area contributed by atoms with Crippen molar-refractivity contribution in [3.05, 3.63) is 59.6 Å². The summed E-state index contributed by atoms with van der Waals surface area (Å²) >= 11 is 1.17. The summed E-state index contributed by atoms with van der Waals surface area (Å²) in [5, 5.41) is 9.22. The van der Waals surface area contributed by atoms with Crippen LogP contribution >= 0.6 is 23.7 Å². The van der Waals surface area contributed by atoms with Gasteiger partial charge in [0.15, 0.2) is 5.13 Å². The van der Waals surface area contributed by atoms with Gasteiger partial charge in [0, 0.05) is 40.8 Å². The second-order valence-electron chi connectivity index (χ2n) is 6.67. The van der Waals surface area contributed by atoms with Gasteiger partial charge < -0.3 is 5.32 Å². The highest BCUT2D eigenvalue weighted by atomic mass is 35.5. The minimum absolute atomic E-state index is 0. The number of nitrogens with zero attached hydrogens (tertiary/aromatic N) is 3. The van der Waals surface area contributed by atoms with Gasteiger partial charge in [0.05, 0.1) is 12.2 Å². The Labute approximate surface area is 166 Å². The zero-order valence-electron chi connectivity index (χ0n) is 14.6. The molecule has 0 amide bonds. The normalized spacial score (nSPS) is 16.1. The van der Waals surface area contributed by atoms with Gasteiger partial charge in [-0.25, -0.2) is 0 Å². The molecule has 27 heavy (non-hydrogen) atoms. The zero-order chi connectivity index (χ0) is 17.7. The molecular weight excluding hydrogens is 383 g/mol. The highest BCUT2D eigenvalue weighted by Crippen LogP contribution is 2.37. The van der Waals surface area contributed by atoms with Gasteiger partial charge in [0.2, 0.25) is 0 Å². The van der Waals surface area contributed by atoms with E-state index in [1.54, 1.807) is 18.5 Å². The fraction of sp³-hybridized carbons (Fsp3) is 0.200. The van der Waals surface area contributed by atoms with Crippen molar-refractivity contribution in [1.29, 1.82) is 0 Å². The van der Waals surface area contributed by atoms with Crippen LogP contribution in [0.4, 0.5) is 4.39 Å². The molecule has 138 valence electrons. The Morgan fingerprint density at radius 3 is 2.78 bits per heavy atom. The van der Waals surface area contributed by atoms with E-state index in [-0.39, 0.29) is 17.5 Å². The first-order valence-electron chi connectivity index (χ1n) is 8.62. The molecule has 0 radical (unpaired) electrons. The van der Waals surface area contributed by atoms with E-state index in [0.717, 1.165) is 45.6 Å². The lowest BCUT2D eigenvalue weighted by molar-refractivity contribution is 0.390. The van der Waals surface area contributed by atoms with E-state index in [0.29, 0.717) is 6.04 Å². The molecule has 4 nitrogen and oxygen atoms in total. The van der Waals surface area contributed by atoms with E-state index in [2.05, 4.69) is 21.9 Å². The fourth-order valence-electron chi connectivity index (χ4n) is 3.59. The first-order valence-corrected chi connectivity index (χ1v) is 9.43. The quantitative estimate of drug-likeness (QED) is 0.521. The lowest BCUT2D eigenvalue weighted by Gasteiger charge is -2.22. The maximum Gasteiger partial charge on any atom is 0.177 e. The number of halogens is 2. The Bertz CT molecular complexity index is 1110. The number of fused-ring (bicyclic) bond motifs is 2. The number of pyridine rings is 1. The van der Waals surface area contributed by atoms with Crippen LogP contribution in [-0.4, -0.2) is 20.8 Å². The average Bonchev–Trinajstić information content (AvgIpc) is 3.20. The minimum Gasteiger partial charge on any atom is -0.307 e. The lowest BCUT2D eigenvalue weighted by atomic mass is 9.98. The van der Waals surface area contributed by atoms with Crippen LogP contribution in [0, 0.1) is 5.13 Å². The lowest BCUT2D eigenvalue weighted by Crippen LogP contribution is -2.36. The monoisotopic (exact) mass is 400 g/mol. The number of benzene rings is 1. The number of hydrogen-bond acceptors (Lipinski definition) is 4. The fourth-order valence-corrected chi connectivity index (χ4v) is 4.42. The SMILES string of the molecule is CC1Cn2nc(-c3ccc4cc(F)sc4c3)c(-c3ccncc3)c2CN1.Cl. The standard InChI is InChI=1S/C20H17FN4S.ClH/c1-12-11-25-16(10-23-12)19(13-4-6-22-7-5-13)20(24-25)15-3-2-14-9-18(21)26-17(14)8-15;/h2-9,12,23H,10-11H2,1H3;1H. The Morgan fingerprint density at radius 1 is 1.15 bits per heavy atom. The predicted octanol–water partition coefficient (Wildman–Crippen LogP) is 4.88. The average molecular weight is 401 g/mol. The topological polar surface area (TPSA) is 42.7 Å². The van der Waals surface area contributed by atoms with Crippen molar-refractivity contribution < 1.29 is 4.39 Å². The van der Waals surface area contributed by atoms with E-state index in [4.69, 9.17) is 5.10 Å². The van der Waals surface area contributed by atoms with Gasteiger partial charge >= 0.3 is 0 Å². The Hall–Kier alpha value is -2.28. The maximum atomic E-state index is 13.6. The molecule has 1 unspecified atom stereocenters. The molecule has 7 heteroatoms. The van der Waals surface area contributed by atoms with Crippen LogP contribution in [-0.2, 0) is 13.1 Å². The summed E-state index contributed by atoms with van der Waals surface area (Å²) in [6, 6.07) is 12.0. The highest BCUT2D eigenvalue weighted by Gasteiger charge is 2.24. The van der Waals surface area contributed by atoms with Crippen molar-refractivity contribution in [2.24, 2.45) is 0 Å². The number of rotatable bonds is 2. The summed E-state index contributed by atoms with van der Waals surface area (Å²) in [7, 11) is 0. The summed E-state index contributed by atoms with van der Waals surface area (Å²) in [6.45, 7) is 3.78. The Kier molecular flexibility index (Phi) is 4.72. The first-order chi connectivity index (χ1) is 12.7. The van der Waals surface area contributed by atoms with Crippen molar-refractivity contribution in [3.8, 4) is 22.4 Å². The molecule has 4 aromatic rings. The summed E-state index contributed by atoms with van der Waals surface area (Å²) in [6.07, 6.45) is 3.61. The van der Waals surface area contributed by atoms with Crippen molar-refractivity contribution >= 4 is 33.8 Å². The molecule has 5 rings (SSSR count). The number of nitrogens with one attached hydrogen (secondary N) is 1. The third-order valence-corrected chi connectivity index (χ3v) is 5.74. The Balaban J connectivity index is 0.00000180. The van der Waals surface area contributed by atoms with Gasteiger partial charge in [-0.05, 0) is 42.1 Å². The summed E-state index contributed by atoms with van der Waals surface area (Å²) in [5.74, 6) is 0. The second-order valence-corrected chi connectivity index (χ2v) is 7.71. The van der Waals surface area contributed by atoms with Crippen molar-refractivity contribution in [1.82, 2.24) is 20.1 Å². The van der Waals surface area contributed by atoms with E-state index in [1.807, 2.05) is 30.3 Å². The molecule has 0 aliphatic carbocycles. The van der Waals surface area contributed by atoms with Crippen LogP contribution < -0.4 is 5.32 Å². The largest absolute Gasteiger partial charge is 0.307 e. The third kappa shape index (κ3) is 3.14. The molecule has 1 atom stereocenters. The molecule has 1 aromatic carbocycles. The third-order valence-electron chi connectivity index (χ3n) is 4.85. The van der Waals surface area contributed by atoms with Crippen LogP contribution in [0.1, 0.15) is 12.6 Å². The molecule has 4 heterocycles. The van der Waals surface area contributed by atoms with Gasteiger partial charge in [0.25, 0.3) is 0 Å².